The van der Waals surface area contributed by atoms with E-state index in [9.17, 15) is 22.4 Å². The number of fused-ring (bicyclic) bond motifs is 2. The summed E-state index contributed by atoms with van der Waals surface area (Å²) in [6.45, 7) is 0. The summed E-state index contributed by atoms with van der Waals surface area (Å²) in [4.78, 5) is 19.9. The lowest BCUT2D eigenvalue weighted by Crippen LogP contribution is -2.25. The zero-order valence-electron chi connectivity index (χ0n) is 14.4. The van der Waals surface area contributed by atoms with E-state index in [2.05, 4.69) is 15.3 Å². The van der Waals surface area contributed by atoms with Crippen LogP contribution in [0.4, 0.5) is 23.2 Å². The Labute approximate surface area is 156 Å². The van der Waals surface area contributed by atoms with Crippen molar-refractivity contribution in [2.45, 2.75) is 37.5 Å². The quantitative estimate of drug-likeness (QED) is 0.669. The van der Waals surface area contributed by atoms with Gasteiger partial charge in [0.05, 0.1) is 6.42 Å². The Morgan fingerprint density at radius 1 is 1.11 bits per heavy atom. The third kappa shape index (κ3) is 2.64. The first kappa shape index (κ1) is 17.2. The van der Waals surface area contributed by atoms with E-state index < -0.39 is 18.0 Å². The Bertz CT molecular complexity index is 1120. The molecular formula is C19H14F4N4O. The number of pyridine rings is 1. The van der Waals surface area contributed by atoms with E-state index in [0.29, 0.717) is 22.7 Å². The lowest BCUT2D eigenvalue weighted by Gasteiger charge is -2.29. The normalized spacial score (nSPS) is 21.5. The number of halogens is 4. The van der Waals surface area contributed by atoms with E-state index in [4.69, 9.17) is 0 Å². The van der Waals surface area contributed by atoms with Crippen LogP contribution in [0.15, 0.2) is 30.3 Å². The number of carbonyl (C=O) groups is 1. The van der Waals surface area contributed by atoms with Crippen molar-refractivity contribution in [3.63, 3.8) is 0 Å². The monoisotopic (exact) mass is 390 g/mol. The van der Waals surface area contributed by atoms with Gasteiger partial charge in [0, 0.05) is 17.3 Å². The summed E-state index contributed by atoms with van der Waals surface area (Å²) in [5, 5.41) is 2.72. The van der Waals surface area contributed by atoms with Crippen LogP contribution in [0, 0.1) is 0 Å². The van der Waals surface area contributed by atoms with Crippen LogP contribution in [0.25, 0.3) is 16.9 Å². The number of alkyl halides is 4. The summed E-state index contributed by atoms with van der Waals surface area (Å²) in [5.74, 6) is 0.166. The molecule has 3 aromatic rings. The fraction of sp³-hybridized carbons (Fsp3) is 0.316. The molecule has 144 valence electrons. The highest BCUT2D eigenvalue weighted by molar-refractivity contribution is 5.99. The van der Waals surface area contributed by atoms with Gasteiger partial charge in [0.1, 0.15) is 23.2 Å². The zero-order chi connectivity index (χ0) is 19.6. The van der Waals surface area contributed by atoms with Crippen molar-refractivity contribution in [1.82, 2.24) is 14.5 Å². The van der Waals surface area contributed by atoms with Gasteiger partial charge in [-0.25, -0.2) is 14.4 Å². The molecule has 1 aromatic carbocycles. The number of hydrogen-bond donors (Lipinski definition) is 1. The Balaban J connectivity index is 1.72. The van der Waals surface area contributed by atoms with Crippen molar-refractivity contribution in [3.05, 3.63) is 47.4 Å². The maximum absolute atomic E-state index is 13.4. The molecule has 2 aliphatic rings. The molecule has 1 amide bonds. The van der Waals surface area contributed by atoms with Gasteiger partial charge in [-0.3, -0.25) is 9.36 Å². The van der Waals surface area contributed by atoms with Crippen LogP contribution in [0.2, 0.25) is 0 Å². The maximum atomic E-state index is 13.4. The molecule has 0 radical (unpaired) electrons. The summed E-state index contributed by atoms with van der Waals surface area (Å²) >= 11 is 0. The zero-order valence-corrected chi connectivity index (χ0v) is 14.4. The van der Waals surface area contributed by atoms with Crippen LogP contribution in [-0.2, 0) is 17.4 Å². The number of amides is 1. The number of benzene rings is 1. The molecule has 2 aromatic heterocycles. The summed E-state index contributed by atoms with van der Waals surface area (Å²) in [6.07, 6.45) is -4.76. The van der Waals surface area contributed by atoms with Crippen LogP contribution in [-0.4, -0.2) is 26.6 Å². The average Bonchev–Trinajstić information content (AvgIpc) is 3.15. The molecule has 0 saturated heterocycles. The third-order valence-electron chi connectivity index (χ3n) is 5.24. The molecule has 0 bridgehead atoms. The standard InChI is InChI=1S/C19H14F4N4O/c20-11-5-10(6-11)17-25-14-3-4-15(19(21,22)23)26-18(14)27(17)12-1-2-13-9(7-12)8-16(28)24-13/h1-4,7,10-11H,5-6,8H2,(H,24,28). The molecule has 0 spiro atoms. The highest BCUT2D eigenvalue weighted by atomic mass is 19.4. The summed E-state index contributed by atoms with van der Waals surface area (Å²) in [6, 6.07) is 7.33. The number of hydrogen-bond acceptors (Lipinski definition) is 3. The molecule has 1 N–H and O–H groups in total. The Kier molecular flexibility index (Phi) is 3.53. The van der Waals surface area contributed by atoms with Crippen LogP contribution in [0.1, 0.15) is 35.8 Å². The average molecular weight is 390 g/mol. The molecule has 28 heavy (non-hydrogen) atoms. The molecule has 9 heteroatoms. The minimum Gasteiger partial charge on any atom is -0.326 e. The summed E-state index contributed by atoms with van der Waals surface area (Å²) in [7, 11) is 0. The number of nitrogens with one attached hydrogen (secondary N) is 1. The van der Waals surface area contributed by atoms with Crippen LogP contribution >= 0.6 is 0 Å². The first-order valence-corrected chi connectivity index (χ1v) is 8.83. The molecular weight excluding hydrogens is 376 g/mol. The topological polar surface area (TPSA) is 59.8 Å². The van der Waals surface area contributed by atoms with Gasteiger partial charge in [0.15, 0.2) is 5.65 Å². The molecule has 5 rings (SSSR count). The largest absolute Gasteiger partial charge is 0.433 e. The summed E-state index contributed by atoms with van der Waals surface area (Å²) in [5.41, 5.74) is 1.37. The van der Waals surface area contributed by atoms with Gasteiger partial charge in [-0.05, 0) is 48.7 Å². The van der Waals surface area contributed by atoms with Crippen molar-refractivity contribution < 1.29 is 22.4 Å². The first-order valence-electron chi connectivity index (χ1n) is 8.83. The number of aromatic nitrogens is 3. The fourth-order valence-electron chi connectivity index (χ4n) is 3.78. The highest BCUT2D eigenvalue weighted by Crippen LogP contribution is 2.41. The third-order valence-corrected chi connectivity index (χ3v) is 5.24. The first-order chi connectivity index (χ1) is 13.3. The molecule has 1 aliphatic carbocycles. The molecule has 1 aliphatic heterocycles. The van der Waals surface area contributed by atoms with Crippen molar-refractivity contribution in [3.8, 4) is 5.69 Å². The molecule has 3 heterocycles. The second kappa shape index (κ2) is 5.76. The van der Waals surface area contributed by atoms with Crippen LogP contribution < -0.4 is 5.32 Å². The minimum absolute atomic E-state index is 0.0735. The molecule has 5 nitrogen and oxygen atoms in total. The van der Waals surface area contributed by atoms with E-state index in [0.717, 1.165) is 11.6 Å². The van der Waals surface area contributed by atoms with Gasteiger partial charge >= 0.3 is 6.18 Å². The van der Waals surface area contributed by atoms with E-state index in [1.165, 1.54) is 6.07 Å². The van der Waals surface area contributed by atoms with Crippen molar-refractivity contribution in [2.24, 2.45) is 0 Å². The minimum atomic E-state index is -4.59. The molecule has 0 unspecified atom stereocenters. The smallest absolute Gasteiger partial charge is 0.326 e. The summed E-state index contributed by atoms with van der Waals surface area (Å²) < 4.78 is 54.5. The van der Waals surface area contributed by atoms with Gasteiger partial charge in [0.25, 0.3) is 0 Å². The second-order valence-corrected chi connectivity index (χ2v) is 7.17. The fourth-order valence-corrected chi connectivity index (χ4v) is 3.78. The SMILES string of the molecule is O=C1Cc2cc(-n3c(C4CC(F)C4)nc4ccc(C(F)(F)F)nc43)ccc2N1. The lowest BCUT2D eigenvalue weighted by molar-refractivity contribution is -0.141. The van der Waals surface area contributed by atoms with Crippen molar-refractivity contribution in [2.75, 3.05) is 5.32 Å². The molecule has 1 fully saturated rings. The predicted molar refractivity (Wildman–Crippen MR) is 93.1 cm³/mol. The van der Waals surface area contributed by atoms with Gasteiger partial charge in [0.2, 0.25) is 5.91 Å². The van der Waals surface area contributed by atoms with Crippen LogP contribution in [0.5, 0.6) is 0 Å². The van der Waals surface area contributed by atoms with Crippen molar-refractivity contribution >= 4 is 22.8 Å². The van der Waals surface area contributed by atoms with Gasteiger partial charge < -0.3 is 5.32 Å². The number of carbonyl (C=O) groups excluding carboxylic acids is 1. The van der Waals surface area contributed by atoms with E-state index in [1.807, 2.05) is 0 Å². The number of rotatable bonds is 2. The maximum Gasteiger partial charge on any atom is 0.433 e. The Morgan fingerprint density at radius 3 is 2.61 bits per heavy atom. The molecule has 0 atom stereocenters. The van der Waals surface area contributed by atoms with Gasteiger partial charge in [-0.15, -0.1) is 0 Å². The lowest BCUT2D eigenvalue weighted by atomic mass is 9.83. The van der Waals surface area contributed by atoms with E-state index in [1.54, 1.807) is 22.8 Å². The van der Waals surface area contributed by atoms with Crippen LogP contribution in [0.3, 0.4) is 0 Å². The van der Waals surface area contributed by atoms with E-state index >= 15 is 0 Å². The van der Waals surface area contributed by atoms with E-state index in [-0.39, 0.29) is 36.7 Å². The number of nitrogens with zero attached hydrogens (tertiary/aromatic N) is 3. The van der Waals surface area contributed by atoms with Crippen molar-refractivity contribution in [1.29, 1.82) is 0 Å². The highest BCUT2D eigenvalue weighted by Gasteiger charge is 2.37. The second-order valence-electron chi connectivity index (χ2n) is 7.17. The van der Waals surface area contributed by atoms with Gasteiger partial charge in [-0.2, -0.15) is 13.2 Å². The molecule has 1 saturated carbocycles. The Morgan fingerprint density at radius 2 is 1.89 bits per heavy atom. The Hall–Kier alpha value is -2.97. The number of imidazole rings is 1. The predicted octanol–water partition coefficient (Wildman–Crippen LogP) is 4.15. The number of anilines is 1. The van der Waals surface area contributed by atoms with Gasteiger partial charge in [-0.1, -0.05) is 0 Å².